The molecule has 0 saturated carbocycles. The molecule has 4 heteroatoms. The average Bonchev–Trinajstić information content (AvgIpc) is 2.53. The molecular weight excluding hydrogens is 270 g/mol. The molecule has 0 spiro atoms. The van der Waals surface area contributed by atoms with Gasteiger partial charge in [0.05, 0.1) is 12.2 Å². The maximum absolute atomic E-state index is 11.8. The summed E-state index contributed by atoms with van der Waals surface area (Å²) in [6.45, 7) is 2.19. The molecule has 1 aromatic carbocycles. The van der Waals surface area contributed by atoms with Gasteiger partial charge in [0.15, 0.2) is 0 Å². The summed E-state index contributed by atoms with van der Waals surface area (Å²) in [6.07, 6.45) is 0. The zero-order valence-electron chi connectivity index (χ0n) is 9.16. The van der Waals surface area contributed by atoms with Gasteiger partial charge in [-0.15, -0.1) is 0 Å². The van der Waals surface area contributed by atoms with Gasteiger partial charge in [-0.05, 0) is 28.9 Å². The Hall–Kier alpha value is -1.29. The van der Waals surface area contributed by atoms with Crippen molar-refractivity contribution in [3.8, 4) is 0 Å². The van der Waals surface area contributed by atoms with Crippen molar-refractivity contribution in [2.45, 2.75) is 6.92 Å². The predicted octanol–water partition coefficient (Wildman–Crippen LogP) is 3.12. The molecule has 1 heterocycles. The second-order valence-corrected chi connectivity index (χ2v) is 4.21. The summed E-state index contributed by atoms with van der Waals surface area (Å²) < 4.78 is 7.74. The van der Waals surface area contributed by atoms with Gasteiger partial charge in [-0.25, -0.2) is 4.79 Å². The fourth-order valence-electron chi connectivity index (χ4n) is 1.76. The van der Waals surface area contributed by atoms with Crippen LogP contribution in [0, 0.1) is 0 Å². The lowest BCUT2D eigenvalue weighted by Gasteiger charge is -2.00. The number of benzene rings is 1. The van der Waals surface area contributed by atoms with Crippen LogP contribution in [0.5, 0.6) is 0 Å². The molecule has 0 amide bonds. The van der Waals surface area contributed by atoms with Crippen LogP contribution >= 0.6 is 15.9 Å². The first kappa shape index (κ1) is 11.2. The first-order valence-electron chi connectivity index (χ1n) is 5.06. The van der Waals surface area contributed by atoms with Crippen LogP contribution in [0.15, 0.2) is 28.9 Å². The number of esters is 1. The van der Waals surface area contributed by atoms with Crippen LogP contribution in [0.25, 0.3) is 10.9 Å². The molecule has 16 heavy (non-hydrogen) atoms. The molecule has 84 valence electrons. The number of aryl methyl sites for hydroxylation is 1. The molecule has 1 aromatic heterocycles. The number of nitrogens with zero attached hydrogens (tertiary/aromatic N) is 1. The lowest BCUT2D eigenvalue weighted by molar-refractivity contribution is 0.0527. The van der Waals surface area contributed by atoms with Gasteiger partial charge in [0, 0.05) is 18.0 Å². The van der Waals surface area contributed by atoms with Gasteiger partial charge in [-0.1, -0.05) is 18.2 Å². The van der Waals surface area contributed by atoms with Crippen molar-refractivity contribution in [3.05, 3.63) is 34.4 Å². The second kappa shape index (κ2) is 4.29. The lowest BCUT2D eigenvalue weighted by atomic mass is 10.2. The number of rotatable bonds is 2. The van der Waals surface area contributed by atoms with Crippen LogP contribution in [-0.2, 0) is 11.8 Å². The van der Waals surface area contributed by atoms with Gasteiger partial charge >= 0.3 is 5.97 Å². The minimum atomic E-state index is -0.286. The molecule has 0 N–H and O–H groups in total. The molecule has 0 saturated heterocycles. The van der Waals surface area contributed by atoms with E-state index in [1.807, 2.05) is 35.9 Å². The topological polar surface area (TPSA) is 31.2 Å². The third-order valence-electron chi connectivity index (χ3n) is 2.52. The zero-order valence-corrected chi connectivity index (χ0v) is 10.7. The van der Waals surface area contributed by atoms with Gasteiger partial charge in [0.2, 0.25) is 0 Å². The minimum absolute atomic E-state index is 0.286. The standard InChI is InChI=1S/C12H12BrNO2/c1-3-16-12(15)10-8-6-4-5-7-9(8)14(2)11(10)13/h4-7H,3H2,1-2H3. The smallest absolute Gasteiger partial charge is 0.341 e. The number of halogens is 1. The quantitative estimate of drug-likeness (QED) is 0.792. The largest absolute Gasteiger partial charge is 0.462 e. The van der Waals surface area contributed by atoms with E-state index >= 15 is 0 Å². The Balaban J connectivity index is 2.68. The molecule has 3 nitrogen and oxygen atoms in total. The van der Waals surface area contributed by atoms with Crippen LogP contribution in [-0.4, -0.2) is 17.1 Å². The highest BCUT2D eigenvalue weighted by Gasteiger charge is 2.19. The zero-order chi connectivity index (χ0) is 11.7. The van der Waals surface area contributed by atoms with Gasteiger partial charge in [0.1, 0.15) is 4.60 Å². The van der Waals surface area contributed by atoms with Crippen molar-refractivity contribution < 1.29 is 9.53 Å². The molecule has 2 rings (SSSR count). The van der Waals surface area contributed by atoms with Crippen molar-refractivity contribution in [1.82, 2.24) is 4.57 Å². The molecule has 0 aliphatic rings. The molecule has 0 unspecified atom stereocenters. The fourth-order valence-corrected chi connectivity index (χ4v) is 2.33. The summed E-state index contributed by atoms with van der Waals surface area (Å²) in [5.74, 6) is -0.286. The summed E-state index contributed by atoms with van der Waals surface area (Å²) >= 11 is 3.43. The maximum atomic E-state index is 11.8. The summed E-state index contributed by atoms with van der Waals surface area (Å²) in [6, 6.07) is 7.76. The number of para-hydroxylation sites is 1. The molecular formula is C12H12BrNO2. The highest BCUT2D eigenvalue weighted by molar-refractivity contribution is 9.10. The monoisotopic (exact) mass is 281 g/mol. The Kier molecular flexibility index (Phi) is 3.01. The van der Waals surface area contributed by atoms with Gasteiger partial charge in [-0.2, -0.15) is 0 Å². The second-order valence-electron chi connectivity index (χ2n) is 3.46. The Labute approximate surface area is 102 Å². The van der Waals surface area contributed by atoms with Crippen LogP contribution < -0.4 is 0 Å². The Morgan fingerprint density at radius 1 is 1.44 bits per heavy atom. The van der Waals surface area contributed by atoms with Crippen LogP contribution in [0.4, 0.5) is 0 Å². The van der Waals surface area contributed by atoms with E-state index < -0.39 is 0 Å². The Morgan fingerprint density at radius 2 is 2.12 bits per heavy atom. The fraction of sp³-hybridized carbons (Fsp3) is 0.250. The first-order chi connectivity index (χ1) is 7.66. The molecule has 0 aliphatic carbocycles. The third kappa shape index (κ3) is 1.63. The van der Waals surface area contributed by atoms with Crippen molar-refractivity contribution >= 4 is 32.8 Å². The number of aromatic nitrogens is 1. The maximum Gasteiger partial charge on any atom is 0.341 e. The summed E-state index contributed by atoms with van der Waals surface area (Å²) in [5, 5.41) is 0.912. The van der Waals surface area contributed by atoms with Gasteiger partial charge < -0.3 is 9.30 Å². The molecule has 0 atom stereocenters. The molecule has 0 fully saturated rings. The van der Waals surface area contributed by atoms with E-state index in [0.29, 0.717) is 12.2 Å². The highest BCUT2D eigenvalue weighted by Crippen LogP contribution is 2.29. The number of fused-ring (bicyclic) bond motifs is 1. The minimum Gasteiger partial charge on any atom is -0.462 e. The number of carbonyl (C=O) groups is 1. The van der Waals surface area contributed by atoms with E-state index in [4.69, 9.17) is 4.74 Å². The van der Waals surface area contributed by atoms with Crippen molar-refractivity contribution in [2.24, 2.45) is 7.05 Å². The first-order valence-corrected chi connectivity index (χ1v) is 5.86. The summed E-state index contributed by atoms with van der Waals surface area (Å²) in [7, 11) is 1.91. The average molecular weight is 282 g/mol. The molecule has 0 aliphatic heterocycles. The Bertz CT molecular complexity index is 545. The van der Waals surface area contributed by atoms with E-state index in [1.54, 1.807) is 6.92 Å². The van der Waals surface area contributed by atoms with E-state index in [-0.39, 0.29) is 5.97 Å². The Morgan fingerprint density at radius 3 is 2.81 bits per heavy atom. The van der Waals surface area contributed by atoms with Gasteiger partial charge in [-0.3, -0.25) is 0 Å². The van der Waals surface area contributed by atoms with Crippen LogP contribution in [0.1, 0.15) is 17.3 Å². The molecule has 2 aromatic rings. The summed E-state index contributed by atoms with van der Waals surface area (Å²) in [5.41, 5.74) is 1.61. The number of hydrogen-bond acceptors (Lipinski definition) is 2. The van der Waals surface area contributed by atoms with Crippen LogP contribution in [0.2, 0.25) is 0 Å². The van der Waals surface area contributed by atoms with E-state index in [9.17, 15) is 4.79 Å². The number of ether oxygens (including phenoxy) is 1. The van der Waals surface area contributed by atoms with Crippen LogP contribution in [0.3, 0.4) is 0 Å². The van der Waals surface area contributed by atoms with Gasteiger partial charge in [0.25, 0.3) is 0 Å². The van der Waals surface area contributed by atoms with E-state index in [2.05, 4.69) is 15.9 Å². The normalized spacial score (nSPS) is 10.7. The highest BCUT2D eigenvalue weighted by atomic mass is 79.9. The summed E-state index contributed by atoms with van der Waals surface area (Å²) in [4.78, 5) is 11.8. The number of hydrogen-bond donors (Lipinski definition) is 0. The van der Waals surface area contributed by atoms with E-state index in [1.165, 1.54) is 0 Å². The van der Waals surface area contributed by atoms with Crippen molar-refractivity contribution in [2.75, 3.05) is 6.61 Å². The van der Waals surface area contributed by atoms with Crippen molar-refractivity contribution in [1.29, 1.82) is 0 Å². The third-order valence-corrected chi connectivity index (χ3v) is 3.44. The molecule has 0 radical (unpaired) electrons. The predicted molar refractivity (Wildman–Crippen MR) is 66.6 cm³/mol. The van der Waals surface area contributed by atoms with E-state index in [0.717, 1.165) is 15.5 Å². The molecule has 0 bridgehead atoms. The SMILES string of the molecule is CCOC(=O)c1c(Br)n(C)c2ccccc12. The number of carbonyl (C=O) groups excluding carboxylic acids is 1. The van der Waals surface area contributed by atoms with Crippen molar-refractivity contribution in [3.63, 3.8) is 0 Å². The lowest BCUT2D eigenvalue weighted by Crippen LogP contribution is -2.05.